The van der Waals surface area contributed by atoms with Gasteiger partial charge in [-0.2, -0.15) is 0 Å². The van der Waals surface area contributed by atoms with E-state index in [1.165, 1.54) is 23.1 Å². The molecule has 0 bridgehead atoms. The van der Waals surface area contributed by atoms with Crippen LogP contribution in [-0.4, -0.2) is 40.5 Å². The highest BCUT2D eigenvalue weighted by Gasteiger charge is 2.19. The SMILES string of the molecule is CC(CO)N(C)C(=O)c1ccc([N+](=O)[O-])c(N)c1. The molecule has 1 amide bonds. The fourth-order valence-electron chi connectivity index (χ4n) is 1.38. The molecule has 1 aromatic rings. The van der Waals surface area contributed by atoms with Crippen molar-refractivity contribution < 1.29 is 14.8 Å². The van der Waals surface area contributed by atoms with Gasteiger partial charge in [0.15, 0.2) is 0 Å². The van der Waals surface area contributed by atoms with Crippen LogP contribution < -0.4 is 5.73 Å². The number of nitrogen functional groups attached to an aromatic ring is 1. The van der Waals surface area contributed by atoms with Crippen molar-refractivity contribution in [1.29, 1.82) is 0 Å². The van der Waals surface area contributed by atoms with E-state index in [0.29, 0.717) is 0 Å². The van der Waals surface area contributed by atoms with Crippen LogP contribution in [0.25, 0.3) is 0 Å². The fourth-order valence-corrected chi connectivity index (χ4v) is 1.38. The third-order valence-corrected chi connectivity index (χ3v) is 2.72. The standard InChI is InChI=1S/C11H15N3O4/c1-7(6-15)13(2)11(16)8-3-4-10(14(17)18)9(12)5-8/h3-5,7,15H,6,12H2,1-2H3. The molecule has 0 aliphatic rings. The number of amides is 1. The number of nitro benzene ring substituents is 1. The lowest BCUT2D eigenvalue weighted by atomic mass is 10.1. The van der Waals surface area contributed by atoms with Crippen molar-refractivity contribution in [2.45, 2.75) is 13.0 Å². The lowest BCUT2D eigenvalue weighted by Gasteiger charge is -2.23. The molecule has 3 N–H and O–H groups in total. The number of hydrogen-bond acceptors (Lipinski definition) is 5. The summed E-state index contributed by atoms with van der Waals surface area (Å²) < 4.78 is 0. The van der Waals surface area contributed by atoms with Gasteiger partial charge in [-0.05, 0) is 19.1 Å². The van der Waals surface area contributed by atoms with Gasteiger partial charge in [-0.1, -0.05) is 0 Å². The molecule has 0 saturated carbocycles. The number of rotatable bonds is 4. The van der Waals surface area contributed by atoms with Crippen LogP contribution in [0, 0.1) is 10.1 Å². The third kappa shape index (κ3) is 2.75. The Balaban J connectivity index is 3.01. The number of carbonyl (C=O) groups is 1. The lowest BCUT2D eigenvalue weighted by molar-refractivity contribution is -0.383. The van der Waals surface area contributed by atoms with Gasteiger partial charge >= 0.3 is 0 Å². The molecule has 1 aromatic carbocycles. The molecule has 0 heterocycles. The zero-order chi connectivity index (χ0) is 13.9. The van der Waals surface area contributed by atoms with Gasteiger partial charge in [0.05, 0.1) is 17.6 Å². The van der Waals surface area contributed by atoms with Crippen LogP contribution in [0.5, 0.6) is 0 Å². The van der Waals surface area contributed by atoms with E-state index in [1.54, 1.807) is 14.0 Å². The van der Waals surface area contributed by atoms with Gasteiger partial charge in [-0.3, -0.25) is 14.9 Å². The van der Waals surface area contributed by atoms with Crippen molar-refractivity contribution >= 4 is 17.3 Å². The van der Waals surface area contributed by atoms with Gasteiger partial charge < -0.3 is 15.7 Å². The molecule has 1 atom stereocenters. The van der Waals surface area contributed by atoms with Gasteiger partial charge in [0.25, 0.3) is 11.6 Å². The first-order chi connectivity index (χ1) is 8.38. The van der Waals surface area contributed by atoms with E-state index in [2.05, 4.69) is 0 Å². The highest BCUT2D eigenvalue weighted by Crippen LogP contribution is 2.22. The minimum absolute atomic E-state index is 0.0594. The van der Waals surface area contributed by atoms with Crippen LogP contribution in [0.4, 0.5) is 11.4 Å². The zero-order valence-corrected chi connectivity index (χ0v) is 10.2. The first-order valence-electron chi connectivity index (χ1n) is 5.30. The molecule has 0 aliphatic heterocycles. The highest BCUT2D eigenvalue weighted by atomic mass is 16.6. The van der Waals surface area contributed by atoms with Crippen LogP contribution in [0.1, 0.15) is 17.3 Å². The number of nitro groups is 1. The summed E-state index contributed by atoms with van der Waals surface area (Å²) in [6.07, 6.45) is 0. The number of anilines is 1. The van der Waals surface area contributed by atoms with Gasteiger partial charge in [-0.25, -0.2) is 0 Å². The number of aliphatic hydroxyl groups is 1. The predicted octanol–water partition coefficient (Wildman–Crippen LogP) is 0.630. The first kappa shape index (κ1) is 13.9. The summed E-state index contributed by atoms with van der Waals surface area (Å²) in [6.45, 7) is 1.53. The number of nitrogens with two attached hydrogens (primary N) is 1. The quantitative estimate of drug-likeness (QED) is 0.464. The smallest absolute Gasteiger partial charge is 0.292 e. The molecule has 0 fully saturated rings. The summed E-state index contributed by atoms with van der Waals surface area (Å²) in [7, 11) is 1.54. The minimum atomic E-state index is -0.607. The molecule has 0 spiro atoms. The van der Waals surface area contributed by atoms with Crippen molar-refractivity contribution in [3.63, 3.8) is 0 Å². The second kappa shape index (κ2) is 5.46. The van der Waals surface area contributed by atoms with E-state index in [4.69, 9.17) is 10.8 Å². The Morgan fingerprint density at radius 2 is 2.22 bits per heavy atom. The molecular weight excluding hydrogens is 238 g/mol. The van der Waals surface area contributed by atoms with Crippen molar-refractivity contribution in [3.8, 4) is 0 Å². The number of benzene rings is 1. The molecule has 0 saturated heterocycles. The maximum atomic E-state index is 12.0. The van der Waals surface area contributed by atoms with Crippen molar-refractivity contribution in [3.05, 3.63) is 33.9 Å². The van der Waals surface area contributed by atoms with E-state index >= 15 is 0 Å². The number of likely N-dealkylation sites (N-methyl/N-ethyl adjacent to an activating group) is 1. The van der Waals surface area contributed by atoms with E-state index in [1.807, 2.05) is 0 Å². The number of carbonyl (C=O) groups excluding carboxylic acids is 1. The van der Waals surface area contributed by atoms with Gasteiger partial charge in [0, 0.05) is 18.7 Å². The summed E-state index contributed by atoms with van der Waals surface area (Å²) in [4.78, 5) is 23.3. The topological polar surface area (TPSA) is 110 Å². The molecule has 1 rings (SSSR count). The predicted molar refractivity (Wildman–Crippen MR) is 66.2 cm³/mol. The van der Waals surface area contributed by atoms with Crippen molar-refractivity contribution in [2.75, 3.05) is 19.4 Å². The normalized spacial score (nSPS) is 11.9. The maximum Gasteiger partial charge on any atom is 0.292 e. The monoisotopic (exact) mass is 253 g/mol. The molecule has 0 aromatic heterocycles. The summed E-state index contributed by atoms with van der Waals surface area (Å²) in [5.41, 5.74) is 5.47. The number of aliphatic hydroxyl groups excluding tert-OH is 1. The fraction of sp³-hybridized carbons (Fsp3) is 0.364. The molecule has 1 unspecified atom stereocenters. The Hall–Kier alpha value is -2.15. The number of hydrogen-bond donors (Lipinski definition) is 2. The van der Waals surface area contributed by atoms with Gasteiger partial charge in [0.1, 0.15) is 5.69 Å². The highest BCUT2D eigenvalue weighted by molar-refractivity contribution is 5.95. The first-order valence-corrected chi connectivity index (χ1v) is 5.30. The Kier molecular flexibility index (Phi) is 4.22. The van der Waals surface area contributed by atoms with Crippen LogP contribution in [0.15, 0.2) is 18.2 Å². The Bertz CT molecular complexity index is 475. The summed E-state index contributed by atoms with van der Waals surface area (Å²) in [6, 6.07) is 3.47. The summed E-state index contributed by atoms with van der Waals surface area (Å²) >= 11 is 0. The zero-order valence-electron chi connectivity index (χ0n) is 10.2. The summed E-state index contributed by atoms with van der Waals surface area (Å²) in [5, 5.41) is 19.6. The molecule has 7 nitrogen and oxygen atoms in total. The van der Waals surface area contributed by atoms with Crippen LogP contribution >= 0.6 is 0 Å². The molecule has 7 heteroatoms. The molecular formula is C11H15N3O4. The van der Waals surface area contributed by atoms with Crippen molar-refractivity contribution in [1.82, 2.24) is 4.90 Å². The van der Waals surface area contributed by atoms with Gasteiger partial charge in [0.2, 0.25) is 0 Å². The van der Waals surface area contributed by atoms with Gasteiger partial charge in [-0.15, -0.1) is 0 Å². The van der Waals surface area contributed by atoms with Crippen molar-refractivity contribution in [2.24, 2.45) is 0 Å². The van der Waals surface area contributed by atoms with Crippen LogP contribution in [-0.2, 0) is 0 Å². The Morgan fingerprint density at radius 3 is 2.67 bits per heavy atom. The van der Waals surface area contributed by atoms with Crippen LogP contribution in [0.2, 0.25) is 0 Å². The second-order valence-corrected chi connectivity index (χ2v) is 3.98. The molecule has 98 valence electrons. The summed E-state index contributed by atoms with van der Waals surface area (Å²) in [5.74, 6) is -0.349. The molecule has 0 radical (unpaired) electrons. The molecule has 18 heavy (non-hydrogen) atoms. The minimum Gasteiger partial charge on any atom is -0.394 e. The third-order valence-electron chi connectivity index (χ3n) is 2.72. The van der Waals surface area contributed by atoms with E-state index < -0.39 is 4.92 Å². The number of nitrogens with zero attached hydrogens (tertiary/aromatic N) is 2. The van der Waals surface area contributed by atoms with E-state index in [-0.39, 0.29) is 35.5 Å². The Labute approximate surface area is 104 Å². The second-order valence-electron chi connectivity index (χ2n) is 3.98. The molecule has 0 aliphatic carbocycles. The van der Waals surface area contributed by atoms with E-state index in [0.717, 1.165) is 0 Å². The Morgan fingerprint density at radius 1 is 1.61 bits per heavy atom. The maximum absolute atomic E-state index is 12.0. The van der Waals surface area contributed by atoms with Crippen LogP contribution in [0.3, 0.4) is 0 Å². The average molecular weight is 253 g/mol. The average Bonchev–Trinajstić information content (AvgIpc) is 2.35. The van der Waals surface area contributed by atoms with E-state index in [9.17, 15) is 14.9 Å². The lowest BCUT2D eigenvalue weighted by Crippen LogP contribution is -2.37. The largest absolute Gasteiger partial charge is 0.394 e.